The Morgan fingerprint density at radius 3 is 2.66 bits per heavy atom. The van der Waals surface area contributed by atoms with Crippen molar-refractivity contribution >= 4 is 22.9 Å². The maximum Gasteiger partial charge on any atom is 0.139 e. The molecular weight excluding hydrogens is 384 g/mol. The lowest BCUT2D eigenvalue weighted by Gasteiger charge is -2.34. The van der Waals surface area contributed by atoms with Crippen molar-refractivity contribution in [3.63, 3.8) is 0 Å². The van der Waals surface area contributed by atoms with E-state index in [9.17, 15) is 0 Å². The minimum Gasteiger partial charge on any atom is -0.495 e. The molecule has 1 aromatic carbocycles. The van der Waals surface area contributed by atoms with E-state index in [0.717, 1.165) is 41.5 Å². The highest BCUT2D eigenvalue weighted by molar-refractivity contribution is 6.32. The largest absolute Gasteiger partial charge is 0.495 e. The van der Waals surface area contributed by atoms with Crippen molar-refractivity contribution < 1.29 is 4.74 Å². The van der Waals surface area contributed by atoms with E-state index in [4.69, 9.17) is 21.3 Å². The van der Waals surface area contributed by atoms with Crippen LogP contribution in [0, 0.1) is 12.8 Å². The van der Waals surface area contributed by atoms with Gasteiger partial charge >= 0.3 is 0 Å². The van der Waals surface area contributed by atoms with Gasteiger partial charge in [0.2, 0.25) is 0 Å². The van der Waals surface area contributed by atoms with E-state index in [-0.39, 0.29) is 0 Å². The Morgan fingerprint density at radius 2 is 1.97 bits per heavy atom. The third-order valence-corrected chi connectivity index (χ3v) is 6.12. The van der Waals surface area contributed by atoms with Gasteiger partial charge in [0, 0.05) is 49.3 Å². The Labute approximate surface area is 177 Å². The number of anilines is 1. The summed E-state index contributed by atoms with van der Waals surface area (Å²) in [6.45, 7) is 5.45. The van der Waals surface area contributed by atoms with Crippen LogP contribution in [0.15, 0.2) is 36.7 Å². The minimum atomic E-state index is 0.603. The molecule has 0 unspecified atom stereocenters. The normalized spacial score (nSPS) is 15.4. The van der Waals surface area contributed by atoms with E-state index < -0.39 is 0 Å². The summed E-state index contributed by atoms with van der Waals surface area (Å²) in [6.07, 6.45) is 6.65. The Morgan fingerprint density at radius 1 is 1.21 bits per heavy atom. The molecule has 0 amide bonds. The molecule has 1 saturated heterocycles. The van der Waals surface area contributed by atoms with Crippen LogP contribution in [0.2, 0.25) is 5.02 Å². The van der Waals surface area contributed by atoms with E-state index in [1.807, 2.05) is 12.1 Å². The molecule has 0 N–H and O–H groups in total. The van der Waals surface area contributed by atoms with Crippen molar-refractivity contribution in [2.45, 2.75) is 19.8 Å². The van der Waals surface area contributed by atoms with Gasteiger partial charge in [0.05, 0.1) is 17.8 Å². The lowest BCUT2D eigenvalue weighted by atomic mass is 9.96. The second kappa shape index (κ2) is 8.25. The number of fused-ring (bicyclic) bond motifs is 1. The first-order chi connectivity index (χ1) is 13.9. The molecule has 5 nitrogen and oxygen atoms in total. The minimum absolute atomic E-state index is 0.603. The van der Waals surface area contributed by atoms with Crippen molar-refractivity contribution in [2.24, 2.45) is 5.92 Å². The zero-order valence-corrected chi connectivity index (χ0v) is 18.4. The molecule has 3 aromatic rings. The summed E-state index contributed by atoms with van der Waals surface area (Å²) in [7, 11) is 5.96. The summed E-state index contributed by atoms with van der Waals surface area (Å²) in [6, 6.07) is 8.29. The first-order valence-corrected chi connectivity index (χ1v) is 10.6. The Kier molecular flexibility index (Phi) is 5.70. The van der Waals surface area contributed by atoms with E-state index in [1.165, 1.54) is 25.1 Å². The van der Waals surface area contributed by atoms with Gasteiger partial charge in [-0.2, -0.15) is 0 Å². The van der Waals surface area contributed by atoms with Crippen molar-refractivity contribution in [3.05, 3.63) is 47.2 Å². The quantitative estimate of drug-likeness (QED) is 0.605. The van der Waals surface area contributed by atoms with Gasteiger partial charge < -0.3 is 18.9 Å². The smallest absolute Gasteiger partial charge is 0.139 e. The Hall–Kier alpha value is -2.24. The number of nitrogens with zero attached hydrogens (tertiary/aromatic N) is 4. The average Bonchev–Trinajstić information content (AvgIpc) is 3.12. The molecule has 1 aliphatic rings. The van der Waals surface area contributed by atoms with Gasteiger partial charge in [-0.1, -0.05) is 11.6 Å². The maximum atomic E-state index is 6.35. The first kappa shape index (κ1) is 20.0. The van der Waals surface area contributed by atoms with Crippen LogP contribution in [0.3, 0.4) is 0 Å². The molecule has 2 aromatic heterocycles. The number of benzene rings is 1. The van der Waals surface area contributed by atoms with Crippen molar-refractivity contribution in [3.8, 4) is 17.0 Å². The summed E-state index contributed by atoms with van der Waals surface area (Å²) in [4.78, 5) is 9.66. The standard InChI is InChI=1S/C23H29ClN4O/c1-16-11-22(29-4)20(24)13-19(16)21-15-28-10-7-18(12-23(28)25-21)27-8-5-17(6-9-27)14-26(2)3/h7,10-13,15,17H,5-6,8-9,14H2,1-4H3. The number of piperidine rings is 1. The summed E-state index contributed by atoms with van der Waals surface area (Å²) in [5, 5.41) is 0.603. The van der Waals surface area contributed by atoms with Crippen LogP contribution in [-0.2, 0) is 0 Å². The monoisotopic (exact) mass is 412 g/mol. The molecule has 3 heterocycles. The number of hydrogen-bond acceptors (Lipinski definition) is 4. The summed E-state index contributed by atoms with van der Waals surface area (Å²) < 4.78 is 7.40. The Balaban J connectivity index is 1.57. The fourth-order valence-corrected chi connectivity index (χ4v) is 4.52. The molecule has 4 rings (SSSR count). The van der Waals surface area contributed by atoms with Crippen LogP contribution >= 0.6 is 11.6 Å². The topological polar surface area (TPSA) is 33.0 Å². The van der Waals surface area contributed by atoms with Crippen molar-refractivity contribution in [2.75, 3.05) is 45.7 Å². The zero-order valence-electron chi connectivity index (χ0n) is 17.7. The fourth-order valence-electron chi connectivity index (χ4n) is 4.28. The number of pyridine rings is 1. The van der Waals surface area contributed by atoms with Crippen LogP contribution in [0.5, 0.6) is 5.75 Å². The van der Waals surface area contributed by atoms with Gasteiger partial charge in [0.25, 0.3) is 0 Å². The van der Waals surface area contributed by atoms with E-state index in [1.54, 1.807) is 7.11 Å². The lowest BCUT2D eigenvalue weighted by molar-refractivity contribution is 0.285. The summed E-state index contributed by atoms with van der Waals surface area (Å²) in [5.74, 6) is 1.49. The number of aryl methyl sites for hydroxylation is 1. The highest BCUT2D eigenvalue weighted by atomic mass is 35.5. The van der Waals surface area contributed by atoms with E-state index in [2.05, 4.69) is 59.7 Å². The van der Waals surface area contributed by atoms with Crippen LogP contribution < -0.4 is 9.64 Å². The molecular formula is C23H29ClN4O. The van der Waals surface area contributed by atoms with Crippen LogP contribution in [0.1, 0.15) is 18.4 Å². The predicted molar refractivity (Wildman–Crippen MR) is 120 cm³/mol. The number of rotatable bonds is 5. The number of methoxy groups -OCH3 is 1. The van der Waals surface area contributed by atoms with Crippen LogP contribution in [0.4, 0.5) is 5.69 Å². The maximum absolute atomic E-state index is 6.35. The summed E-state index contributed by atoms with van der Waals surface area (Å²) in [5.41, 5.74) is 5.26. The van der Waals surface area contributed by atoms with Crippen LogP contribution in [-0.4, -0.2) is 55.1 Å². The highest BCUT2D eigenvalue weighted by Gasteiger charge is 2.20. The number of imidazole rings is 1. The zero-order chi connectivity index (χ0) is 20.5. The molecule has 0 bridgehead atoms. The molecule has 0 saturated carbocycles. The number of aromatic nitrogens is 2. The van der Waals surface area contributed by atoms with Gasteiger partial charge in [0.1, 0.15) is 11.4 Å². The highest BCUT2D eigenvalue weighted by Crippen LogP contribution is 2.33. The third-order valence-electron chi connectivity index (χ3n) is 5.82. The van der Waals surface area contributed by atoms with E-state index >= 15 is 0 Å². The summed E-state index contributed by atoms with van der Waals surface area (Å²) >= 11 is 6.35. The molecule has 0 atom stereocenters. The molecule has 1 fully saturated rings. The number of ether oxygens (including phenoxy) is 1. The van der Waals surface area contributed by atoms with Crippen molar-refractivity contribution in [1.29, 1.82) is 0 Å². The average molecular weight is 413 g/mol. The van der Waals surface area contributed by atoms with Crippen molar-refractivity contribution in [1.82, 2.24) is 14.3 Å². The molecule has 0 radical (unpaired) electrons. The molecule has 29 heavy (non-hydrogen) atoms. The Bertz CT molecular complexity index is 1010. The number of halogens is 1. The first-order valence-electron chi connectivity index (χ1n) is 10.2. The van der Waals surface area contributed by atoms with Gasteiger partial charge in [-0.3, -0.25) is 0 Å². The van der Waals surface area contributed by atoms with Crippen LogP contribution in [0.25, 0.3) is 16.9 Å². The van der Waals surface area contributed by atoms with Gasteiger partial charge in [-0.15, -0.1) is 0 Å². The second-order valence-corrected chi connectivity index (χ2v) is 8.68. The SMILES string of the molecule is COc1cc(C)c(-c2cn3ccc(N4CCC(CN(C)C)CC4)cc3n2)cc1Cl. The molecule has 0 aliphatic carbocycles. The molecule has 1 aliphatic heterocycles. The van der Waals surface area contributed by atoms with E-state index in [0.29, 0.717) is 10.8 Å². The third kappa shape index (κ3) is 4.21. The fraction of sp³-hybridized carbons (Fsp3) is 0.435. The van der Waals surface area contributed by atoms with Gasteiger partial charge in [-0.25, -0.2) is 4.98 Å². The molecule has 154 valence electrons. The predicted octanol–water partition coefficient (Wildman–Crippen LogP) is 4.75. The van der Waals surface area contributed by atoms with Gasteiger partial charge in [0.15, 0.2) is 0 Å². The van der Waals surface area contributed by atoms with Gasteiger partial charge in [-0.05, 0) is 63.5 Å². The molecule has 0 spiro atoms. The molecule has 6 heteroatoms. The number of hydrogen-bond donors (Lipinski definition) is 0. The lowest BCUT2D eigenvalue weighted by Crippen LogP contribution is -2.37. The second-order valence-electron chi connectivity index (χ2n) is 8.27.